The van der Waals surface area contributed by atoms with Crippen LogP contribution in [0.1, 0.15) is 72.4 Å². The standard InChI is InChI=1S/C27H34N4O3.BrH/c1-27(2,3)20-13-19(14-22(25(20)33-4)30-9-11-34-12-10-30)23(32)16-31-15-18-7-8-21(17-5-6-17)29-24(18)26(31)28;/h7-8,13-14,17,28H,5-6,9-12,15-16H2,1-4H3;1H. The van der Waals surface area contributed by atoms with Gasteiger partial charge in [-0.15, -0.1) is 17.0 Å². The molecule has 2 aromatic rings. The number of amidine groups is 1. The molecule has 1 saturated heterocycles. The number of ether oxygens (including phenoxy) is 2. The highest BCUT2D eigenvalue weighted by atomic mass is 79.9. The number of methoxy groups -OCH3 is 1. The minimum atomic E-state index is -0.192. The Morgan fingerprint density at radius 1 is 1.20 bits per heavy atom. The zero-order valence-corrected chi connectivity index (χ0v) is 22.7. The van der Waals surface area contributed by atoms with E-state index in [-0.39, 0.29) is 34.7 Å². The van der Waals surface area contributed by atoms with Crippen molar-refractivity contribution in [2.75, 3.05) is 44.9 Å². The summed E-state index contributed by atoms with van der Waals surface area (Å²) in [5.41, 5.74) is 5.26. The van der Waals surface area contributed by atoms with Crippen LogP contribution in [0.25, 0.3) is 0 Å². The average molecular weight is 544 g/mol. The molecule has 0 amide bonds. The fourth-order valence-corrected chi connectivity index (χ4v) is 4.86. The number of aromatic nitrogens is 1. The third kappa shape index (κ3) is 5.09. The molecule has 5 rings (SSSR count). The molecule has 0 unspecified atom stereocenters. The number of benzene rings is 1. The van der Waals surface area contributed by atoms with Crippen molar-refractivity contribution in [3.63, 3.8) is 0 Å². The van der Waals surface area contributed by atoms with Crippen molar-refractivity contribution in [2.45, 2.75) is 51.5 Å². The van der Waals surface area contributed by atoms with E-state index in [2.05, 4.69) is 37.8 Å². The second-order valence-corrected chi connectivity index (χ2v) is 10.6. The van der Waals surface area contributed by atoms with E-state index in [1.54, 1.807) is 7.11 Å². The Bertz CT molecular complexity index is 1130. The van der Waals surface area contributed by atoms with E-state index < -0.39 is 0 Å². The summed E-state index contributed by atoms with van der Waals surface area (Å²) in [6.07, 6.45) is 2.36. The van der Waals surface area contributed by atoms with E-state index in [0.29, 0.717) is 37.1 Å². The molecule has 188 valence electrons. The molecule has 3 aliphatic rings. The summed E-state index contributed by atoms with van der Waals surface area (Å²) in [5, 5.41) is 8.68. The van der Waals surface area contributed by atoms with Gasteiger partial charge in [0.15, 0.2) is 5.78 Å². The number of hydrogen-bond acceptors (Lipinski definition) is 6. The molecule has 1 aromatic carbocycles. The van der Waals surface area contributed by atoms with Crippen LogP contribution < -0.4 is 9.64 Å². The summed E-state index contributed by atoms with van der Waals surface area (Å²) < 4.78 is 11.4. The maximum Gasteiger partial charge on any atom is 0.182 e. The molecule has 1 aliphatic carbocycles. The second kappa shape index (κ2) is 9.90. The normalized spacial score (nSPS) is 17.8. The SMILES string of the molecule is Br.COc1c(N2CCOCC2)cc(C(=O)CN2Cc3ccc(C4CC4)nc3C2=N)cc1C(C)(C)C. The van der Waals surface area contributed by atoms with Gasteiger partial charge in [0, 0.05) is 47.9 Å². The maximum absolute atomic E-state index is 13.6. The number of Topliss-reactive ketones (excluding diaryl/α,β-unsaturated/α-hetero) is 1. The number of morpholine rings is 1. The van der Waals surface area contributed by atoms with Gasteiger partial charge in [0.25, 0.3) is 0 Å². The number of halogens is 1. The molecule has 7 nitrogen and oxygen atoms in total. The van der Waals surface area contributed by atoms with Crippen LogP contribution in [0.5, 0.6) is 5.75 Å². The van der Waals surface area contributed by atoms with Crippen LogP contribution in [-0.4, -0.2) is 61.5 Å². The monoisotopic (exact) mass is 542 g/mol. The number of ketones is 1. The van der Waals surface area contributed by atoms with Gasteiger partial charge in [-0.3, -0.25) is 10.2 Å². The first-order chi connectivity index (χ1) is 16.3. The Morgan fingerprint density at radius 2 is 1.91 bits per heavy atom. The van der Waals surface area contributed by atoms with E-state index in [1.165, 1.54) is 12.8 Å². The van der Waals surface area contributed by atoms with Crippen LogP contribution in [0, 0.1) is 5.41 Å². The number of rotatable bonds is 6. The number of anilines is 1. The summed E-state index contributed by atoms with van der Waals surface area (Å²) in [6, 6.07) is 8.10. The molecule has 2 aliphatic heterocycles. The number of pyridine rings is 1. The van der Waals surface area contributed by atoms with Gasteiger partial charge < -0.3 is 19.3 Å². The Hall–Kier alpha value is -2.45. The highest BCUT2D eigenvalue weighted by molar-refractivity contribution is 8.93. The first kappa shape index (κ1) is 25.6. The molecule has 35 heavy (non-hydrogen) atoms. The van der Waals surface area contributed by atoms with Gasteiger partial charge in [0.2, 0.25) is 0 Å². The van der Waals surface area contributed by atoms with Gasteiger partial charge in [-0.1, -0.05) is 26.8 Å². The lowest BCUT2D eigenvalue weighted by atomic mass is 9.84. The highest BCUT2D eigenvalue weighted by Gasteiger charge is 2.32. The Labute approximate surface area is 218 Å². The predicted octanol–water partition coefficient (Wildman–Crippen LogP) is 4.70. The quantitative estimate of drug-likeness (QED) is 0.533. The third-order valence-electron chi connectivity index (χ3n) is 6.99. The van der Waals surface area contributed by atoms with Crippen molar-refractivity contribution in [2.24, 2.45) is 0 Å². The molecule has 0 radical (unpaired) electrons. The molecule has 1 N–H and O–H groups in total. The van der Waals surface area contributed by atoms with E-state index >= 15 is 0 Å². The fourth-order valence-electron chi connectivity index (χ4n) is 4.86. The fraction of sp³-hybridized carbons (Fsp3) is 0.519. The van der Waals surface area contributed by atoms with Crippen LogP contribution in [0.3, 0.4) is 0 Å². The van der Waals surface area contributed by atoms with Gasteiger partial charge in [-0.2, -0.15) is 0 Å². The van der Waals surface area contributed by atoms with Crippen LogP contribution in [0.4, 0.5) is 5.69 Å². The molecule has 8 heteroatoms. The highest BCUT2D eigenvalue weighted by Crippen LogP contribution is 2.41. The smallest absolute Gasteiger partial charge is 0.182 e. The van der Waals surface area contributed by atoms with E-state index in [4.69, 9.17) is 19.9 Å². The first-order valence-electron chi connectivity index (χ1n) is 12.2. The molecule has 0 spiro atoms. The number of nitrogens with zero attached hydrogens (tertiary/aromatic N) is 3. The van der Waals surface area contributed by atoms with Crippen molar-refractivity contribution >= 4 is 34.3 Å². The van der Waals surface area contributed by atoms with Crippen molar-refractivity contribution in [1.82, 2.24) is 9.88 Å². The van der Waals surface area contributed by atoms with Gasteiger partial charge in [0.05, 0.1) is 32.6 Å². The zero-order chi connectivity index (χ0) is 24.0. The topological polar surface area (TPSA) is 78.8 Å². The number of carbonyl (C=O) groups is 1. The summed E-state index contributed by atoms with van der Waals surface area (Å²) in [4.78, 5) is 22.4. The number of fused-ring (bicyclic) bond motifs is 1. The minimum Gasteiger partial charge on any atom is -0.494 e. The molecule has 0 bridgehead atoms. The minimum absolute atomic E-state index is 0. The summed E-state index contributed by atoms with van der Waals surface area (Å²) in [6.45, 7) is 9.96. The molecular formula is C27H35BrN4O3. The van der Waals surface area contributed by atoms with Gasteiger partial charge in [-0.05, 0) is 36.5 Å². The Morgan fingerprint density at radius 3 is 2.54 bits per heavy atom. The Balaban J connectivity index is 0.00000289. The zero-order valence-electron chi connectivity index (χ0n) is 21.0. The lowest BCUT2D eigenvalue weighted by Gasteiger charge is -2.33. The van der Waals surface area contributed by atoms with Crippen LogP contribution >= 0.6 is 17.0 Å². The molecule has 3 heterocycles. The third-order valence-corrected chi connectivity index (χ3v) is 6.99. The molecule has 1 aromatic heterocycles. The number of nitrogens with one attached hydrogen (secondary N) is 1. The van der Waals surface area contributed by atoms with Crippen molar-refractivity contribution < 1.29 is 14.3 Å². The summed E-state index contributed by atoms with van der Waals surface area (Å²) in [7, 11) is 1.70. The van der Waals surface area contributed by atoms with Gasteiger partial charge in [-0.25, -0.2) is 4.98 Å². The van der Waals surface area contributed by atoms with Crippen LogP contribution in [0.2, 0.25) is 0 Å². The maximum atomic E-state index is 13.6. The Kier molecular flexibility index (Phi) is 7.25. The van der Waals surface area contributed by atoms with Crippen molar-refractivity contribution in [3.8, 4) is 5.75 Å². The van der Waals surface area contributed by atoms with Gasteiger partial charge >= 0.3 is 0 Å². The number of carbonyl (C=O) groups excluding carboxylic acids is 1. The molecule has 0 atom stereocenters. The molecule has 2 fully saturated rings. The predicted molar refractivity (Wildman–Crippen MR) is 143 cm³/mol. The van der Waals surface area contributed by atoms with Crippen molar-refractivity contribution in [3.05, 3.63) is 52.3 Å². The average Bonchev–Trinajstić information content (AvgIpc) is 3.63. The summed E-state index contributed by atoms with van der Waals surface area (Å²) in [5.74, 6) is 1.72. The largest absolute Gasteiger partial charge is 0.494 e. The van der Waals surface area contributed by atoms with Crippen LogP contribution in [-0.2, 0) is 16.7 Å². The van der Waals surface area contributed by atoms with Crippen molar-refractivity contribution in [1.29, 1.82) is 5.41 Å². The van der Waals surface area contributed by atoms with E-state index in [1.807, 2.05) is 17.0 Å². The van der Waals surface area contributed by atoms with Gasteiger partial charge in [0.1, 0.15) is 17.3 Å². The van der Waals surface area contributed by atoms with E-state index in [9.17, 15) is 4.79 Å². The van der Waals surface area contributed by atoms with E-state index in [0.717, 1.165) is 47.0 Å². The lowest BCUT2D eigenvalue weighted by Crippen LogP contribution is -2.37. The number of hydrogen-bond donors (Lipinski definition) is 1. The first-order valence-corrected chi connectivity index (χ1v) is 12.2. The lowest BCUT2D eigenvalue weighted by molar-refractivity contribution is 0.0962. The molecule has 1 saturated carbocycles. The second-order valence-electron chi connectivity index (χ2n) is 10.6. The summed E-state index contributed by atoms with van der Waals surface area (Å²) >= 11 is 0. The van der Waals surface area contributed by atoms with Crippen LogP contribution in [0.15, 0.2) is 24.3 Å². The molecular weight excluding hydrogens is 508 g/mol.